The molecule has 0 amide bonds. The molecule has 1 heterocycles. The van der Waals surface area contributed by atoms with E-state index in [1.807, 2.05) is 32.6 Å². The molecule has 0 radical (unpaired) electrons. The number of nitrogens with zero attached hydrogens (tertiary/aromatic N) is 1. The van der Waals surface area contributed by atoms with Crippen LogP contribution in [0, 0.1) is 0 Å². The van der Waals surface area contributed by atoms with E-state index in [9.17, 15) is 8.78 Å². The van der Waals surface area contributed by atoms with Crippen molar-refractivity contribution in [2.45, 2.75) is 51.7 Å². The molecule has 1 aliphatic heterocycles. The van der Waals surface area contributed by atoms with Gasteiger partial charge in [-0.05, 0) is 27.7 Å². The number of rotatable bonds is 1. The van der Waals surface area contributed by atoms with E-state index in [0.29, 0.717) is 6.61 Å². The molecule has 1 rings (SSSR count). The predicted octanol–water partition coefficient (Wildman–Crippen LogP) is 2.14. The Morgan fingerprint density at radius 2 is 1.86 bits per heavy atom. The van der Waals surface area contributed by atoms with Gasteiger partial charge in [-0.2, -0.15) is 0 Å². The maximum absolute atomic E-state index is 12.8. The minimum Gasteiger partial charge on any atom is -0.378 e. The first-order valence-corrected chi connectivity index (χ1v) is 4.98. The second-order valence-electron chi connectivity index (χ2n) is 4.87. The van der Waals surface area contributed by atoms with Crippen LogP contribution in [0.25, 0.3) is 0 Å². The van der Waals surface area contributed by atoms with E-state index in [0.717, 1.165) is 0 Å². The van der Waals surface area contributed by atoms with Crippen LogP contribution < -0.4 is 0 Å². The van der Waals surface area contributed by atoms with Crippen LogP contribution in [0.2, 0.25) is 0 Å². The highest BCUT2D eigenvalue weighted by molar-refractivity contribution is 4.90. The zero-order chi connectivity index (χ0) is 10.9. The lowest BCUT2D eigenvalue weighted by Gasteiger charge is -2.47. The normalized spacial score (nSPS) is 31.1. The van der Waals surface area contributed by atoms with E-state index >= 15 is 0 Å². The van der Waals surface area contributed by atoms with Gasteiger partial charge in [-0.25, -0.2) is 8.78 Å². The van der Waals surface area contributed by atoms with E-state index in [2.05, 4.69) is 0 Å². The Hall–Kier alpha value is -0.220. The smallest absolute Gasteiger partial charge is 0.256 e. The quantitative estimate of drug-likeness (QED) is 0.653. The summed E-state index contributed by atoms with van der Waals surface area (Å²) in [7, 11) is 0. The molecule has 4 heteroatoms. The molecule has 1 aliphatic rings. The van der Waals surface area contributed by atoms with Gasteiger partial charge in [0.1, 0.15) is 0 Å². The standard InChI is InChI=1S/C10H19F2NO/c1-7-5-14-6-8(9(11)12)13(7)10(2,3)4/h7-9H,5-6H2,1-4H3. The maximum atomic E-state index is 12.8. The molecule has 1 fully saturated rings. The third-order valence-corrected chi connectivity index (χ3v) is 2.55. The maximum Gasteiger partial charge on any atom is 0.256 e. The Morgan fingerprint density at radius 3 is 2.21 bits per heavy atom. The van der Waals surface area contributed by atoms with Crippen LogP contribution in [-0.2, 0) is 4.74 Å². The number of alkyl halides is 2. The minimum absolute atomic E-state index is 0.0581. The fraction of sp³-hybridized carbons (Fsp3) is 1.00. The highest BCUT2D eigenvalue weighted by atomic mass is 19.3. The molecule has 0 spiro atoms. The van der Waals surface area contributed by atoms with Crippen molar-refractivity contribution in [2.24, 2.45) is 0 Å². The Kier molecular flexibility index (Phi) is 3.48. The summed E-state index contributed by atoms with van der Waals surface area (Å²) < 4.78 is 30.7. The van der Waals surface area contributed by atoms with Gasteiger partial charge < -0.3 is 4.74 Å². The molecule has 84 valence electrons. The second-order valence-corrected chi connectivity index (χ2v) is 4.87. The Labute approximate surface area is 84.2 Å². The molecule has 2 unspecified atom stereocenters. The fourth-order valence-corrected chi connectivity index (χ4v) is 2.20. The van der Waals surface area contributed by atoms with Crippen molar-refractivity contribution in [3.8, 4) is 0 Å². The van der Waals surface area contributed by atoms with Crippen molar-refractivity contribution in [3.05, 3.63) is 0 Å². The Bertz CT molecular complexity index is 191. The molecule has 0 aromatic heterocycles. The molecule has 0 saturated carbocycles. The lowest BCUT2D eigenvalue weighted by atomic mass is 9.99. The molecule has 0 N–H and O–H groups in total. The molecular weight excluding hydrogens is 188 g/mol. The van der Waals surface area contributed by atoms with Crippen LogP contribution in [0.4, 0.5) is 8.78 Å². The van der Waals surface area contributed by atoms with Crippen LogP contribution >= 0.6 is 0 Å². The van der Waals surface area contributed by atoms with E-state index in [1.54, 1.807) is 0 Å². The summed E-state index contributed by atoms with van der Waals surface area (Å²) in [5.41, 5.74) is -0.232. The average Bonchev–Trinajstić information content (AvgIpc) is 2.01. The first-order chi connectivity index (χ1) is 6.34. The number of hydrogen-bond donors (Lipinski definition) is 0. The molecule has 1 saturated heterocycles. The number of morpholine rings is 1. The van der Waals surface area contributed by atoms with Gasteiger partial charge in [0.2, 0.25) is 0 Å². The van der Waals surface area contributed by atoms with Crippen LogP contribution in [0.15, 0.2) is 0 Å². The average molecular weight is 207 g/mol. The summed E-state index contributed by atoms with van der Waals surface area (Å²) in [6.45, 7) is 8.50. The van der Waals surface area contributed by atoms with E-state index in [1.165, 1.54) is 0 Å². The highest BCUT2D eigenvalue weighted by Gasteiger charge is 2.40. The van der Waals surface area contributed by atoms with Gasteiger partial charge in [-0.3, -0.25) is 4.90 Å². The molecule has 0 bridgehead atoms. The van der Waals surface area contributed by atoms with E-state index < -0.39 is 12.5 Å². The summed E-state index contributed by atoms with van der Waals surface area (Å²) in [5, 5.41) is 0. The number of hydrogen-bond acceptors (Lipinski definition) is 2. The van der Waals surface area contributed by atoms with Crippen molar-refractivity contribution in [1.82, 2.24) is 4.90 Å². The zero-order valence-electron chi connectivity index (χ0n) is 9.26. The monoisotopic (exact) mass is 207 g/mol. The summed E-state index contributed by atoms with van der Waals surface area (Å²) in [5.74, 6) is 0. The number of halogens is 2. The fourth-order valence-electron chi connectivity index (χ4n) is 2.20. The van der Waals surface area contributed by atoms with Gasteiger partial charge in [0, 0.05) is 11.6 Å². The molecule has 14 heavy (non-hydrogen) atoms. The van der Waals surface area contributed by atoms with Gasteiger partial charge in [0.15, 0.2) is 0 Å². The van der Waals surface area contributed by atoms with Crippen LogP contribution in [0.5, 0.6) is 0 Å². The SMILES string of the molecule is CC1COCC(C(F)F)N1C(C)(C)C. The second kappa shape index (κ2) is 4.11. The largest absolute Gasteiger partial charge is 0.378 e. The summed E-state index contributed by atoms with van der Waals surface area (Å²) in [6.07, 6.45) is -2.34. The topological polar surface area (TPSA) is 12.5 Å². The first-order valence-electron chi connectivity index (χ1n) is 4.98. The third-order valence-electron chi connectivity index (χ3n) is 2.55. The Morgan fingerprint density at radius 1 is 1.29 bits per heavy atom. The number of ether oxygens (including phenoxy) is 1. The Balaban J connectivity index is 2.82. The van der Waals surface area contributed by atoms with E-state index in [4.69, 9.17) is 4.74 Å². The van der Waals surface area contributed by atoms with E-state index in [-0.39, 0.29) is 18.2 Å². The van der Waals surface area contributed by atoms with Crippen molar-refractivity contribution in [2.75, 3.05) is 13.2 Å². The van der Waals surface area contributed by atoms with Crippen molar-refractivity contribution >= 4 is 0 Å². The molecule has 0 aromatic carbocycles. The summed E-state index contributed by atoms with van der Waals surface area (Å²) in [6, 6.07) is -0.707. The molecular formula is C10H19F2NO. The predicted molar refractivity (Wildman–Crippen MR) is 51.7 cm³/mol. The van der Waals surface area contributed by atoms with Crippen LogP contribution in [0.1, 0.15) is 27.7 Å². The van der Waals surface area contributed by atoms with Crippen molar-refractivity contribution in [1.29, 1.82) is 0 Å². The van der Waals surface area contributed by atoms with Gasteiger partial charge in [0.05, 0.1) is 19.3 Å². The van der Waals surface area contributed by atoms with Gasteiger partial charge in [-0.15, -0.1) is 0 Å². The van der Waals surface area contributed by atoms with Crippen molar-refractivity contribution < 1.29 is 13.5 Å². The third kappa shape index (κ3) is 2.42. The van der Waals surface area contributed by atoms with Crippen LogP contribution in [-0.4, -0.2) is 42.2 Å². The lowest BCUT2D eigenvalue weighted by molar-refractivity contribution is -0.129. The van der Waals surface area contributed by atoms with Crippen LogP contribution in [0.3, 0.4) is 0 Å². The summed E-state index contributed by atoms with van der Waals surface area (Å²) in [4.78, 5) is 1.86. The molecule has 2 nitrogen and oxygen atoms in total. The van der Waals surface area contributed by atoms with Gasteiger partial charge >= 0.3 is 0 Å². The van der Waals surface area contributed by atoms with Gasteiger partial charge in [0.25, 0.3) is 6.43 Å². The molecule has 0 aromatic rings. The molecule has 0 aliphatic carbocycles. The first kappa shape index (κ1) is 11.9. The lowest BCUT2D eigenvalue weighted by Crippen LogP contribution is -2.61. The van der Waals surface area contributed by atoms with Crippen molar-refractivity contribution in [3.63, 3.8) is 0 Å². The zero-order valence-corrected chi connectivity index (χ0v) is 9.26. The highest BCUT2D eigenvalue weighted by Crippen LogP contribution is 2.27. The molecule has 2 atom stereocenters. The van der Waals surface area contributed by atoms with Gasteiger partial charge in [-0.1, -0.05) is 0 Å². The summed E-state index contributed by atoms with van der Waals surface area (Å²) >= 11 is 0. The minimum atomic E-state index is -2.34.